The van der Waals surface area contributed by atoms with E-state index in [1.165, 1.54) is 0 Å². The molecular weight excluding hydrogens is 115 g/mol. The summed E-state index contributed by atoms with van der Waals surface area (Å²) in [7, 11) is 0. The molecule has 8 heavy (non-hydrogen) atoms. The van der Waals surface area contributed by atoms with E-state index in [-0.39, 0.29) is 0 Å². The average molecular weight is 120 g/mol. The number of carboxylic acid groups (broad SMARTS) is 1. The summed E-state index contributed by atoms with van der Waals surface area (Å²) >= 11 is 0. The van der Waals surface area contributed by atoms with Gasteiger partial charge in [0.1, 0.15) is 0 Å². The summed E-state index contributed by atoms with van der Waals surface area (Å²) in [5.74, 6) is -1.16. The topological polar surface area (TPSA) is 54.4 Å². The third kappa shape index (κ3) is 5.07. The first kappa shape index (κ1) is 7.07. The molecule has 0 aliphatic carbocycles. The minimum absolute atomic E-state index is 0.421. The van der Waals surface area contributed by atoms with E-state index in [4.69, 9.17) is 5.11 Å². The first-order valence-electron chi connectivity index (χ1n) is 2.03. The highest BCUT2D eigenvalue weighted by Gasteiger charge is 2.01. The summed E-state index contributed by atoms with van der Waals surface area (Å²) in [6.07, 6.45) is -0.940. The Labute approximate surface area is 45.1 Å². The molecule has 0 aromatic heterocycles. The van der Waals surface area contributed by atoms with Gasteiger partial charge in [0.15, 0.2) is 0 Å². The zero-order valence-electron chi connectivity index (χ0n) is 4.06. The van der Waals surface area contributed by atoms with Gasteiger partial charge < -0.3 is 5.11 Å². The molecule has 0 unspecified atom stereocenters. The lowest BCUT2D eigenvalue weighted by molar-refractivity contribution is -0.140. The summed E-state index contributed by atoms with van der Waals surface area (Å²) in [4.78, 5) is 19.0. The number of carbonyl (C=O) groups is 2. The monoisotopic (exact) mass is 120 g/mol. The van der Waals surface area contributed by atoms with E-state index in [0.717, 1.165) is 0 Å². The van der Waals surface area contributed by atoms with Gasteiger partial charge in [-0.1, -0.05) is 0 Å². The van der Waals surface area contributed by atoms with Gasteiger partial charge in [0, 0.05) is 6.42 Å². The maximum absolute atomic E-state index is 11.2. The Bertz CT molecular complexity index is 95.9. The SMILES string of the molecule is O=C(O)CCC(=O)F. The molecule has 0 bridgehead atoms. The number of halogens is 1. The highest BCUT2D eigenvalue weighted by atomic mass is 19.1. The molecule has 4 heteroatoms. The first-order chi connectivity index (χ1) is 3.63. The quantitative estimate of drug-likeness (QED) is 0.546. The maximum atomic E-state index is 11.2. The summed E-state index contributed by atoms with van der Waals surface area (Å²) in [5, 5.41) is 7.84. The number of aliphatic carboxylic acids is 1. The van der Waals surface area contributed by atoms with Crippen molar-refractivity contribution in [1.82, 2.24) is 0 Å². The van der Waals surface area contributed by atoms with Crippen molar-refractivity contribution in [2.45, 2.75) is 12.8 Å². The fourth-order valence-electron chi connectivity index (χ4n) is 0.205. The third-order valence-electron chi connectivity index (χ3n) is 0.535. The van der Waals surface area contributed by atoms with Crippen molar-refractivity contribution in [3.05, 3.63) is 0 Å². The molecule has 0 atom stereocenters. The molecule has 46 valence electrons. The van der Waals surface area contributed by atoms with Gasteiger partial charge in [0.25, 0.3) is 0 Å². The molecule has 0 aliphatic heterocycles. The van der Waals surface area contributed by atoms with Crippen LogP contribution < -0.4 is 0 Å². The lowest BCUT2D eigenvalue weighted by atomic mass is 10.3. The summed E-state index contributed by atoms with van der Waals surface area (Å²) in [5.41, 5.74) is 0. The Morgan fingerprint density at radius 2 is 1.88 bits per heavy atom. The second-order valence-corrected chi connectivity index (χ2v) is 1.25. The van der Waals surface area contributed by atoms with Crippen molar-refractivity contribution in [2.75, 3.05) is 0 Å². The van der Waals surface area contributed by atoms with Crippen LogP contribution >= 0.6 is 0 Å². The predicted octanol–water partition coefficient (Wildman–Crippen LogP) is 0.347. The molecule has 0 heterocycles. The van der Waals surface area contributed by atoms with Crippen LogP contribution in [0.4, 0.5) is 4.39 Å². The van der Waals surface area contributed by atoms with Gasteiger partial charge in [-0.2, -0.15) is 4.39 Å². The minimum Gasteiger partial charge on any atom is -0.481 e. The number of carbonyl (C=O) groups excluding carboxylic acids is 1. The number of hydrogen-bond acceptors (Lipinski definition) is 2. The molecule has 0 fully saturated rings. The smallest absolute Gasteiger partial charge is 0.303 e. The van der Waals surface area contributed by atoms with Gasteiger partial charge in [0.2, 0.25) is 0 Å². The molecule has 0 amide bonds. The van der Waals surface area contributed by atoms with Crippen molar-refractivity contribution in [3.63, 3.8) is 0 Å². The van der Waals surface area contributed by atoms with E-state index in [0.29, 0.717) is 0 Å². The van der Waals surface area contributed by atoms with Gasteiger partial charge >= 0.3 is 12.0 Å². The van der Waals surface area contributed by atoms with Crippen LogP contribution in [0.15, 0.2) is 0 Å². The van der Waals surface area contributed by atoms with Crippen LogP contribution in [0.5, 0.6) is 0 Å². The Morgan fingerprint density at radius 1 is 1.38 bits per heavy atom. The summed E-state index contributed by atoms with van der Waals surface area (Å²) in [6.45, 7) is 0. The molecule has 0 spiro atoms. The molecular formula is C4H5FO3. The Balaban J connectivity index is 3.18. The van der Waals surface area contributed by atoms with E-state index < -0.39 is 24.8 Å². The van der Waals surface area contributed by atoms with E-state index in [2.05, 4.69) is 0 Å². The number of carboxylic acids is 1. The van der Waals surface area contributed by atoms with Crippen LogP contribution in [-0.2, 0) is 9.59 Å². The van der Waals surface area contributed by atoms with Gasteiger partial charge in [0.05, 0.1) is 6.42 Å². The van der Waals surface area contributed by atoms with Crippen LogP contribution in [0, 0.1) is 0 Å². The van der Waals surface area contributed by atoms with E-state index in [1.54, 1.807) is 0 Å². The average Bonchev–Trinajstić information content (AvgIpc) is 1.61. The zero-order valence-corrected chi connectivity index (χ0v) is 4.06. The molecule has 0 radical (unpaired) electrons. The van der Waals surface area contributed by atoms with Gasteiger partial charge in [-0.05, 0) is 0 Å². The van der Waals surface area contributed by atoms with Crippen molar-refractivity contribution in [2.24, 2.45) is 0 Å². The van der Waals surface area contributed by atoms with Crippen LogP contribution in [0.1, 0.15) is 12.8 Å². The van der Waals surface area contributed by atoms with Crippen LogP contribution in [0.25, 0.3) is 0 Å². The largest absolute Gasteiger partial charge is 0.481 e. The van der Waals surface area contributed by atoms with Crippen LogP contribution in [0.2, 0.25) is 0 Å². The second kappa shape index (κ2) is 3.12. The first-order valence-corrected chi connectivity index (χ1v) is 2.03. The Kier molecular flexibility index (Phi) is 2.76. The molecule has 0 aromatic carbocycles. The molecule has 1 N–H and O–H groups in total. The van der Waals surface area contributed by atoms with Gasteiger partial charge in [-0.15, -0.1) is 0 Å². The summed E-state index contributed by atoms with van der Waals surface area (Å²) < 4.78 is 11.2. The minimum atomic E-state index is -1.58. The van der Waals surface area contributed by atoms with Crippen molar-refractivity contribution >= 4 is 12.0 Å². The van der Waals surface area contributed by atoms with Crippen molar-refractivity contribution < 1.29 is 19.1 Å². The molecule has 0 saturated carbocycles. The predicted molar refractivity (Wildman–Crippen MR) is 23.0 cm³/mol. The molecule has 0 aliphatic rings. The van der Waals surface area contributed by atoms with Crippen molar-refractivity contribution in [1.29, 1.82) is 0 Å². The Hall–Kier alpha value is -0.930. The van der Waals surface area contributed by atoms with Gasteiger partial charge in [-0.3, -0.25) is 9.59 Å². The molecule has 0 rings (SSSR count). The van der Waals surface area contributed by atoms with E-state index in [9.17, 15) is 14.0 Å². The number of rotatable bonds is 3. The number of hydrogen-bond donors (Lipinski definition) is 1. The molecule has 3 nitrogen and oxygen atoms in total. The van der Waals surface area contributed by atoms with E-state index in [1.807, 2.05) is 0 Å². The third-order valence-corrected chi connectivity index (χ3v) is 0.535. The highest BCUT2D eigenvalue weighted by molar-refractivity contribution is 5.75. The zero-order chi connectivity index (χ0) is 6.57. The fraction of sp³-hybridized carbons (Fsp3) is 0.500. The van der Waals surface area contributed by atoms with Crippen LogP contribution in [0.3, 0.4) is 0 Å². The fourth-order valence-corrected chi connectivity index (χ4v) is 0.205. The maximum Gasteiger partial charge on any atom is 0.303 e. The molecule has 0 aromatic rings. The lowest BCUT2D eigenvalue weighted by Crippen LogP contribution is -1.97. The van der Waals surface area contributed by atoms with Crippen molar-refractivity contribution in [3.8, 4) is 0 Å². The van der Waals surface area contributed by atoms with Crippen LogP contribution in [-0.4, -0.2) is 17.1 Å². The standard InChI is InChI=1S/C4H5FO3/c5-3(6)1-2-4(7)8/h1-2H2,(H,7,8). The van der Waals surface area contributed by atoms with E-state index >= 15 is 0 Å². The van der Waals surface area contributed by atoms with Gasteiger partial charge in [-0.25, -0.2) is 0 Å². The summed E-state index contributed by atoms with van der Waals surface area (Å²) in [6, 6.07) is -1.58. The second-order valence-electron chi connectivity index (χ2n) is 1.25. The normalized spacial score (nSPS) is 8.62. The molecule has 0 saturated heterocycles. The Morgan fingerprint density at radius 3 is 2.00 bits per heavy atom. The lowest BCUT2D eigenvalue weighted by Gasteiger charge is -1.83. The highest BCUT2D eigenvalue weighted by Crippen LogP contribution is 1.89.